The van der Waals surface area contributed by atoms with E-state index in [2.05, 4.69) is 23.1 Å². The van der Waals surface area contributed by atoms with Gasteiger partial charge >= 0.3 is 0 Å². The molecule has 0 saturated carbocycles. The summed E-state index contributed by atoms with van der Waals surface area (Å²) in [5.74, 6) is 1.71. The Morgan fingerprint density at radius 1 is 0.800 bits per heavy atom. The number of benzene rings is 3. The Morgan fingerprint density at radius 2 is 1.46 bits per heavy atom. The van der Waals surface area contributed by atoms with Gasteiger partial charge < -0.3 is 15.2 Å². The van der Waals surface area contributed by atoms with Crippen LogP contribution in [0, 0.1) is 0 Å². The molecule has 1 fully saturated rings. The van der Waals surface area contributed by atoms with Crippen molar-refractivity contribution in [2.75, 3.05) is 39.1 Å². The number of ether oxygens (including phenoxy) is 2. The first-order valence-corrected chi connectivity index (χ1v) is 12.3. The monoisotopic (exact) mass is 468 g/mol. The topological polar surface area (TPSA) is 65.5 Å². The Labute approximate surface area is 206 Å². The van der Waals surface area contributed by atoms with Gasteiger partial charge in [0.05, 0.1) is 24.2 Å². The lowest BCUT2D eigenvalue weighted by atomic mass is 10.1. The van der Waals surface area contributed by atoms with Crippen molar-refractivity contribution in [3.05, 3.63) is 78.9 Å². The van der Waals surface area contributed by atoms with Gasteiger partial charge in [0.1, 0.15) is 18.1 Å². The molecule has 0 bridgehead atoms. The molecular formula is C29H32N4O2. The quantitative estimate of drug-likeness (QED) is 0.338. The first kappa shape index (κ1) is 23.0. The number of nitrogen functional groups attached to an aromatic ring is 1. The highest BCUT2D eigenvalue weighted by Crippen LogP contribution is 2.31. The summed E-state index contributed by atoms with van der Waals surface area (Å²) >= 11 is 0. The molecule has 2 heterocycles. The molecule has 0 unspecified atom stereocenters. The number of nitrogens with two attached hydrogens (primary N) is 1. The van der Waals surface area contributed by atoms with E-state index in [0.29, 0.717) is 6.61 Å². The van der Waals surface area contributed by atoms with Crippen LogP contribution in [-0.4, -0.2) is 48.0 Å². The summed E-state index contributed by atoms with van der Waals surface area (Å²) in [5, 5.41) is 4.95. The van der Waals surface area contributed by atoms with Gasteiger partial charge in [-0.1, -0.05) is 6.42 Å². The largest absolute Gasteiger partial charge is 0.497 e. The number of rotatable bonds is 8. The minimum Gasteiger partial charge on any atom is -0.497 e. The fraction of sp³-hybridized carbons (Fsp3) is 0.276. The van der Waals surface area contributed by atoms with Crippen LogP contribution in [0.2, 0.25) is 0 Å². The van der Waals surface area contributed by atoms with E-state index in [1.807, 2.05) is 65.3 Å². The van der Waals surface area contributed by atoms with Gasteiger partial charge in [0.2, 0.25) is 0 Å². The van der Waals surface area contributed by atoms with E-state index in [-0.39, 0.29) is 0 Å². The summed E-state index contributed by atoms with van der Waals surface area (Å²) in [7, 11) is 1.67. The van der Waals surface area contributed by atoms with E-state index in [1.165, 1.54) is 32.4 Å². The highest BCUT2D eigenvalue weighted by atomic mass is 16.5. The molecule has 6 nitrogen and oxygen atoms in total. The fourth-order valence-corrected chi connectivity index (χ4v) is 4.50. The average molecular weight is 469 g/mol. The molecule has 1 aromatic heterocycles. The molecule has 0 aliphatic carbocycles. The summed E-state index contributed by atoms with van der Waals surface area (Å²) < 4.78 is 13.3. The van der Waals surface area contributed by atoms with Gasteiger partial charge in [0, 0.05) is 23.4 Å². The maximum atomic E-state index is 6.01. The average Bonchev–Trinajstić information content (AvgIpc) is 3.36. The molecule has 5 rings (SSSR count). The molecule has 2 N–H and O–H groups in total. The van der Waals surface area contributed by atoms with Crippen molar-refractivity contribution < 1.29 is 9.47 Å². The Morgan fingerprint density at radius 3 is 2.14 bits per heavy atom. The Kier molecular flexibility index (Phi) is 7.00. The summed E-state index contributed by atoms with van der Waals surface area (Å²) in [6.45, 7) is 4.08. The smallest absolute Gasteiger partial charge is 0.119 e. The predicted molar refractivity (Wildman–Crippen MR) is 141 cm³/mol. The molecule has 1 aliphatic rings. The van der Waals surface area contributed by atoms with Gasteiger partial charge in [-0.3, -0.25) is 4.90 Å². The first-order valence-electron chi connectivity index (χ1n) is 12.3. The predicted octanol–water partition coefficient (Wildman–Crippen LogP) is 5.66. The van der Waals surface area contributed by atoms with Gasteiger partial charge in [0.15, 0.2) is 0 Å². The van der Waals surface area contributed by atoms with Gasteiger partial charge in [0.25, 0.3) is 0 Å². The van der Waals surface area contributed by atoms with E-state index < -0.39 is 0 Å². The Hall–Kier alpha value is -3.77. The Bertz CT molecular complexity index is 1230. The molecule has 0 amide bonds. The molecule has 0 radical (unpaired) electrons. The van der Waals surface area contributed by atoms with Crippen LogP contribution in [0.1, 0.15) is 19.3 Å². The number of anilines is 1. The number of nitrogens with zero attached hydrogens (tertiary/aromatic N) is 3. The lowest BCUT2D eigenvalue weighted by Gasteiger charge is -2.26. The first-order chi connectivity index (χ1) is 17.2. The van der Waals surface area contributed by atoms with Crippen LogP contribution in [0.25, 0.3) is 28.2 Å². The van der Waals surface area contributed by atoms with E-state index in [4.69, 9.17) is 20.3 Å². The van der Waals surface area contributed by atoms with Crippen LogP contribution in [0.15, 0.2) is 78.9 Å². The normalized spacial score (nSPS) is 14.1. The molecule has 1 saturated heterocycles. The number of hydrogen-bond donors (Lipinski definition) is 1. The van der Waals surface area contributed by atoms with E-state index in [1.54, 1.807) is 7.11 Å². The van der Waals surface area contributed by atoms with Crippen LogP contribution in [0.5, 0.6) is 11.5 Å². The van der Waals surface area contributed by atoms with Gasteiger partial charge in [-0.15, -0.1) is 0 Å². The van der Waals surface area contributed by atoms with Gasteiger partial charge in [-0.2, -0.15) is 5.10 Å². The summed E-state index contributed by atoms with van der Waals surface area (Å²) in [6, 6.07) is 26.1. The van der Waals surface area contributed by atoms with E-state index in [9.17, 15) is 0 Å². The minimum absolute atomic E-state index is 0.715. The molecule has 6 heteroatoms. The van der Waals surface area contributed by atoms with Crippen molar-refractivity contribution in [2.24, 2.45) is 0 Å². The van der Waals surface area contributed by atoms with Crippen LogP contribution in [0.3, 0.4) is 0 Å². The van der Waals surface area contributed by atoms with Crippen molar-refractivity contribution in [3.63, 3.8) is 0 Å². The second-order valence-corrected chi connectivity index (χ2v) is 8.92. The molecule has 4 aromatic rings. The van der Waals surface area contributed by atoms with Crippen molar-refractivity contribution in [3.8, 4) is 39.7 Å². The lowest BCUT2D eigenvalue weighted by molar-refractivity contribution is 0.183. The number of piperidine rings is 1. The fourth-order valence-electron chi connectivity index (χ4n) is 4.50. The van der Waals surface area contributed by atoms with Crippen molar-refractivity contribution in [1.29, 1.82) is 0 Å². The van der Waals surface area contributed by atoms with Crippen LogP contribution in [0.4, 0.5) is 5.69 Å². The molecular weight excluding hydrogens is 436 g/mol. The van der Waals surface area contributed by atoms with Crippen molar-refractivity contribution in [1.82, 2.24) is 14.7 Å². The summed E-state index contributed by atoms with van der Waals surface area (Å²) in [4.78, 5) is 2.49. The summed E-state index contributed by atoms with van der Waals surface area (Å²) in [5.41, 5.74) is 11.6. The van der Waals surface area contributed by atoms with Crippen molar-refractivity contribution in [2.45, 2.75) is 19.3 Å². The zero-order chi connectivity index (χ0) is 24.0. The third-order valence-corrected chi connectivity index (χ3v) is 6.51. The van der Waals surface area contributed by atoms with E-state index >= 15 is 0 Å². The molecule has 0 atom stereocenters. The highest BCUT2D eigenvalue weighted by molar-refractivity contribution is 5.71. The third kappa shape index (κ3) is 5.49. The number of likely N-dealkylation sites (tertiary alicyclic amines) is 1. The van der Waals surface area contributed by atoms with E-state index in [0.717, 1.165) is 51.9 Å². The molecule has 180 valence electrons. The summed E-state index contributed by atoms with van der Waals surface area (Å²) in [6.07, 6.45) is 3.96. The standard InChI is InChI=1S/C29H32N4O2/c1-34-26-13-7-23(8-14-26)29-21-28(31-33(29)25-11-9-24(30)10-12-25)22-5-15-27(16-6-22)35-20-19-32-17-3-2-4-18-32/h5-16,21H,2-4,17-20,30H2,1H3. The van der Waals surface area contributed by atoms with Crippen molar-refractivity contribution >= 4 is 5.69 Å². The van der Waals surface area contributed by atoms with Crippen LogP contribution < -0.4 is 15.2 Å². The molecule has 3 aromatic carbocycles. The van der Waals surface area contributed by atoms with Crippen LogP contribution >= 0.6 is 0 Å². The zero-order valence-corrected chi connectivity index (χ0v) is 20.2. The second kappa shape index (κ2) is 10.7. The number of methoxy groups -OCH3 is 1. The number of hydrogen-bond acceptors (Lipinski definition) is 5. The molecule has 35 heavy (non-hydrogen) atoms. The third-order valence-electron chi connectivity index (χ3n) is 6.51. The van der Waals surface area contributed by atoms with Gasteiger partial charge in [-0.25, -0.2) is 4.68 Å². The number of aromatic nitrogens is 2. The Balaban J connectivity index is 1.37. The lowest BCUT2D eigenvalue weighted by Crippen LogP contribution is -2.33. The highest BCUT2D eigenvalue weighted by Gasteiger charge is 2.14. The molecule has 1 aliphatic heterocycles. The minimum atomic E-state index is 0.715. The maximum absolute atomic E-state index is 6.01. The van der Waals surface area contributed by atoms with Gasteiger partial charge in [-0.05, 0) is 105 Å². The SMILES string of the molecule is COc1ccc(-c2cc(-c3ccc(OCCN4CCCCC4)cc3)nn2-c2ccc(N)cc2)cc1. The van der Waals surface area contributed by atoms with Crippen LogP contribution in [-0.2, 0) is 0 Å². The zero-order valence-electron chi connectivity index (χ0n) is 20.2. The molecule has 0 spiro atoms. The maximum Gasteiger partial charge on any atom is 0.119 e. The second-order valence-electron chi connectivity index (χ2n) is 8.92.